The molecule has 0 unspecified atom stereocenters. The zero-order valence-electron chi connectivity index (χ0n) is 11.3. The second kappa shape index (κ2) is 6.49. The van der Waals surface area contributed by atoms with E-state index in [-0.39, 0.29) is 6.54 Å². The van der Waals surface area contributed by atoms with Gasteiger partial charge in [0.05, 0.1) is 12.2 Å². The van der Waals surface area contributed by atoms with Gasteiger partial charge in [0.1, 0.15) is 11.2 Å². The van der Waals surface area contributed by atoms with Crippen molar-refractivity contribution in [2.75, 3.05) is 6.54 Å². The molecule has 8 heteroatoms. The number of aryl methyl sites for hydroxylation is 1. The van der Waals surface area contributed by atoms with Crippen LogP contribution >= 0.6 is 11.3 Å². The molecule has 0 spiro atoms. The summed E-state index contributed by atoms with van der Waals surface area (Å²) < 4.78 is 32.0. The lowest BCUT2D eigenvalue weighted by atomic mass is 10.3. The van der Waals surface area contributed by atoms with Crippen LogP contribution in [0.3, 0.4) is 0 Å². The molecule has 2 aromatic rings. The van der Waals surface area contributed by atoms with Crippen molar-refractivity contribution in [3.63, 3.8) is 0 Å². The van der Waals surface area contributed by atoms with Crippen LogP contribution < -0.4 is 10.0 Å². The Labute approximate surface area is 122 Å². The van der Waals surface area contributed by atoms with Crippen LogP contribution in [-0.4, -0.2) is 20.1 Å². The van der Waals surface area contributed by atoms with E-state index in [1.54, 1.807) is 13.0 Å². The van der Waals surface area contributed by atoms with Gasteiger partial charge in [0.15, 0.2) is 0 Å². The number of hydrogen-bond donors (Lipinski definition) is 2. The third kappa shape index (κ3) is 3.45. The molecule has 0 aliphatic heterocycles. The number of hydrogen-bond acceptors (Lipinski definition) is 6. The van der Waals surface area contributed by atoms with E-state index < -0.39 is 10.0 Å². The molecule has 6 nitrogen and oxygen atoms in total. The number of thiophene rings is 1. The van der Waals surface area contributed by atoms with Crippen molar-refractivity contribution in [1.29, 1.82) is 0 Å². The highest BCUT2D eigenvalue weighted by Gasteiger charge is 2.22. The zero-order valence-corrected chi connectivity index (χ0v) is 13.0. The molecule has 0 radical (unpaired) electrons. The van der Waals surface area contributed by atoms with Crippen LogP contribution in [0.15, 0.2) is 27.1 Å². The Morgan fingerprint density at radius 2 is 2.20 bits per heavy atom. The lowest BCUT2D eigenvalue weighted by Crippen LogP contribution is -2.25. The largest absolute Gasteiger partial charge is 0.364 e. The molecule has 2 heterocycles. The number of nitrogens with one attached hydrogen (secondary N) is 2. The zero-order chi connectivity index (χ0) is 14.6. The van der Waals surface area contributed by atoms with E-state index in [1.165, 1.54) is 17.6 Å². The average molecular weight is 315 g/mol. The molecule has 2 aromatic heterocycles. The maximum atomic E-state index is 12.4. The third-order valence-corrected chi connectivity index (χ3v) is 5.59. The quantitative estimate of drug-likeness (QED) is 0.811. The Morgan fingerprint density at radius 1 is 1.40 bits per heavy atom. The van der Waals surface area contributed by atoms with Crippen molar-refractivity contribution in [1.82, 2.24) is 15.2 Å². The Kier molecular flexibility index (Phi) is 4.92. The first-order valence-electron chi connectivity index (χ1n) is 6.21. The van der Waals surface area contributed by atoms with Crippen LogP contribution in [0.2, 0.25) is 0 Å². The fourth-order valence-electron chi connectivity index (χ4n) is 1.78. The minimum Gasteiger partial charge on any atom is -0.364 e. The SMILES string of the molecule is CCNCc1scc(C)c1S(=O)(=O)NCc1ccon1. The Hall–Kier alpha value is -1.22. The Balaban J connectivity index is 2.18. The molecule has 0 aliphatic carbocycles. The van der Waals surface area contributed by atoms with Crippen molar-refractivity contribution in [3.05, 3.63) is 33.8 Å². The summed E-state index contributed by atoms with van der Waals surface area (Å²) >= 11 is 1.45. The molecule has 0 atom stereocenters. The Bertz CT molecular complexity index is 648. The topological polar surface area (TPSA) is 84.2 Å². The predicted molar refractivity (Wildman–Crippen MR) is 77.0 cm³/mol. The summed E-state index contributed by atoms with van der Waals surface area (Å²) in [6, 6.07) is 1.63. The Morgan fingerprint density at radius 3 is 2.85 bits per heavy atom. The molecule has 0 fully saturated rings. The van der Waals surface area contributed by atoms with Gasteiger partial charge in [0, 0.05) is 17.5 Å². The number of rotatable bonds is 7. The first kappa shape index (κ1) is 15.2. The molecule has 110 valence electrons. The lowest BCUT2D eigenvalue weighted by molar-refractivity contribution is 0.411. The first-order valence-corrected chi connectivity index (χ1v) is 8.57. The maximum Gasteiger partial charge on any atom is 0.242 e. The molecule has 0 saturated heterocycles. The summed E-state index contributed by atoms with van der Waals surface area (Å²) in [5.74, 6) is 0. The van der Waals surface area contributed by atoms with Crippen molar-refractivity contribution in [2.45, 2.75) is 31.8 Å². The van der Waals surface area contributed by atoms with Crippen LogP contribution in [-0.2, 0) is 23.1 Å². The second-order valence-corrected chi connectivity index (χ2v) is 6.93. The molecular weight excluding hydrogens is 298 g/mol. The molecule has 2 rings (SSSR count). The van der Waals surface area contributed by atoms with E-state index in [0.717, 1.165) is 17.0 Å². The van der Waals surface area contributed by atoms with E-state index in [1.807, 2.05) is 12.3 Å². The van der Waals surface area contributed by atoms with Crippen molar-refractivity contribution in [2.24, 2.45) is 0 Å². The van der Waals surface area contributed by atoms with Crippen LogP contribution in [0, 0.1) is 6.92 Å². The highest BCUT2D eigenvalue weighted by Crippen LogP contribution is 2.26. The van der Waals surface area contributed by atoms with Gasteiger partial charge < -0.3 is 9.84 Å². The number of aromatic nitrogens is 1. The van der Waals surface area contributed by atoms with E-state index >= 15 is 0 Å². The molecule has 0 amide bonds. The van der Waals surface area contributed by atoms with Crippen LogP contribution in [0.5, 0.6) is 0 Å². The van der Waals surface area contributed by atoms with Gasteiger partial charge >= 0.3 is 0 Å². The predicted octanol–water partition coefficient (Wildman–Crippen LogP) is 1.63. The summed E-state index contributed by atoms with van der Waals surface area (Å²) in [6.45, 7) is 5.25. The van der Waals surface area contributed by atoms with Crippen molar-refractivity contribution in [3.8, 4) is 0 Å². The molecule has 2 N–H and O–H groups in total. The van der Waals surface area contributed by atoms with Crippen molar-refractivity contribution >= 4 is 21.4 Å². The minimum atomic E-state index is -3.55. The van der Waals surface area contributed by atoms with Gasteiger partial charge in [0.25, 0.3) is 0 Å². The molecule has 20 heavy (non-hydrogen) atoms. The highest BCUT2D eigenvalue weighted by atomic mass is 32.2. The van der Waals surface area contributed by atoms with E-state index in [0.29, 0.717) is 17.1 Å². The molecule has 0 saturated carbocycles. The summed E-state index contributed by atoms with van der Waals surface area (Å²) in [5, 5.41) is 8.69. The average Bonchev–Trinajstić information content (AvgIpc) is 3.03. The maximum absolute atomic E-state index is 12.4. The highest BCUT2D eigenvalue weighted by molar-refractivity contribution is 7.89. The van der Waals surface area contributed by atoms with Gasteiger partial charge in [-0.1, -0.05) is 12.1 Å². The van der Waals surface area contributed by atoms with Gasteiger partial charge in [-0.25, -0.2) is 13.1 Å². The summed E-state index contributed by atoms with van der Waals surface area (Å²) in [6.07, 6.45) is 1.41. The van der Waals surface area contributed by atoms with Gasteiger partial charge in [-0.2, -0.15) is 0 Å². The molecule has 0 bridgehead atoms. The monoisotopic (exact) mass is 315 g/mol. The van der Waals surface area contributed by atoms with Gasteiger partial charge in [-0.05, 0) is 24.4 Å². The van der Waals surface area contributed by atoms with E-state index in [2.05, 4.69) is 19.7 Å². The fraction of sp³-hybridized carbons (Fsp3) is 0.417. The molecule has 0 aliphatic rings. The molecule has 0 aromatic carbocycles. The van der Waals surface area contributed by atoms with Crippen LogP contribution in [0.1, 0.15) is 23.1 Å². The smallest absolute Gasteiger partial charge is 0.242 e. The van der Waals surface area contributed by atoms with Crippen LogP contribution in [0.25, 0.3) is 0 Å². The first-order chi connectivity index (χ1) is 9.54. The third-order valence-electron chi connectivity index (χ3n) is 2.73. The molecular formula is C12H17N3O3S2. The summed E-state index contributed by atoms with van der Waals surface area (Å²) in [7, 11) is -3.55. The van der Waals surface area contributed by atoms with Gasteiger partial charge in [-0.15, -0.1) is 11.3 Å². The van der Waals surface area contributed by atoms with E-state index in [4.69, 9.17) is 0 Å². The van der Waals surface area contributed by atoms with E-state index in [9.17, 15) is 8.42 Å². The van der Waals surface area contributed by atoms with Gasteiger partial charge in [-0.3, -0.25) is 0 Å². The van der Waals surface area contributed by atoms with Crippen LogP contribution in [0.4, 0.5) is 0 Å². The second-order valence-electron chi connectivity index (χ2n) is 4.27. The number of nitrogens with zero attached hydrogens (tertiary/aromatic N) is 1. The number of sulfonamides is 1. The van der Waals surface area contributed by atoms with Gasteiger partial charge in [0.2, 0.25) is 10.0 Å². The normalized spacial score (nSPS) is 11.9. The summed E-state index contributed by atoms with van der Waals surface area (Å²) in [4.78, 5) is 1.18. The van der Waals surface area contributed by atoms with Crippen molar-refractivity contribution < 1.29 is 12.9 Å². The fourth-order valence-corrected chi connectivity index (χ4v) is 4.55. The minimum absolute atomic E-state index is 0.120. The standard InChI is InChI=1S/C12H17N3O3S2/c1-3-13-7-11-12(9(2)8-19-11)20(16,17)14-6-10-4-5-18-15-10/h4-5,8,13-14H,3,6-7H2,1-2H3. The summed E-state index contributed by atoms with van der Waals surface area (Å²) in [5.41, 5.74) is 1.31. The lowest BCUT2D eigenvalue weighted by Gasteiger charge is -2.08.